The average molecular weight is 139 g/mol. The van der Waals surface area contributed by atoms with E-state index in [4.69, 9.17) is 11.0 Å². The summed E-state index contributed by atoms with van der Waals surface area (Å²) in [6, 6.07) is 1.92. The fourth-order valence-electron chi connectivity index (χ4n) is 0.456. The molecular weight excluding hydrogens is 134 g/mol. The van der Waals surface area contributed by atoms with Crippen molar-refractivity contribution in [3.05, 3.63) is 9.88 Å². The van der Waals surface area contributed by atoms with Gasteiger partial charge in [-0.05, 0) is 6.92 Å². The molecule has 0 amide bonds. The Morgan fingerprint density at radius 3 is 2.67 bits per heavy atom. The van der Waals surface area contributed by atoms with Gasteiger partial charge in [0.15, 0.2) is 5.01 Å². The average Bonchev–Trinajstić information content (AvgIpc) is 2.13. The number of aromatic nitrogens is 1. The second-order valence-corrected chi connectivity index (χ2v) is 2.78. The second-order valence-electron chi connectivity index (χ2n) is 1.57. The molecule has 1 heterocycles. The molecule has 0 bridgehead atoms. The number of anilines is 1. The monoisotopic (exact) mass is 139 g/mol. The Morgan fingerprint density at radius 1 is 1.78 bits per heavy atom. The summed E-state index contributed by atoms with van der Waals surface area (Å²) in [5.74, 6) is 0.469. The van der Waals surface area contributed by atoms with Gasteiger partial charge in [0.25, 0.3) is 0 Å². The summed E-state index contributed by atoms with van der Waals surface area (Å²) in [5.41, 5.74) is 5.36. The standard InChI is InChI=1S/C5H5N3S/c1-3-5(7)8-4(2-6)9-3/h7H2,1H3. The quantitative estimate of drug-likeness (QED) is 0.581. The first-order valence-corrected chi connectivity index (χ1v) is 3.18. The maximum absolute atomic E-state index is 8.32. The largest absolute Gasteiger partial charge is 0.383 e. The van der Waals surface area contributed by atoms with Crippen LogP contribution in [0.4, 0.5) is 5.82 Å². The predicted molar refractivity (Wildman–Crippen MR) is 36.0 cm³/mol. The Balaban J connectivity index is 3.16. The molecule has 0 aliphatic heterocycles. The third-order valence-corrected chi connectivity index (χ3v) is 1.82. The van der Waals surface area contributed by atoms with E-state index in [2.05, 4.69) is 4.98 Å². The summed E-state index contributed by atoms with van der Waals surface area (Å²) >= 11 is 1.32. The maximum atomic E-state index is 8.32. The Kier molecular flexibility index (Phi) is 1.37. The molecule has 0 aromatic carbocycles. The molecule has 0 unspecified atom stereocenters. The van der Waals surface area contributed by atoms with Crippen molar-refractivity contribution in [1.29, 1.82) is 5.26 Å². The van der Waals surface area contributed by atoms with E-state index in [1.165, 1.54) is 11.3 Å². The molecule has 1 aromatic rings. The number of nitrogens with zero attached hydrogens (tertiary/aromatic N) is 2. The van der Waals surface area contributed by atoms with Crippen molar-refractivity contribution in [2.75, 3.05) is 5.73 Å². The topological polar surface area (TPSA) is 62.7 Å². The first-order chi connectivity index (χ1) is 4.24. The molecule has 0 aliphatic rings. The van der Waals surface area contributed by atoms with Crippen molar-refractivity contribution in [3.63, 3.8) is 0 Å². The molecule has 0 fully saturated rings. The van der Waals surface area contributed by atoms with Crippen LogP contribution < -0.4 is 5.73 Å². The molecule has 0 saturated heterocycles. The van der Waals surface area contributed by atoms with Crippen molar-refractivity contribution in [3.8, 4) is 6.07 Å². The van der Waals surface area contributed by atoms with E-state index < -0.39 is 0 Å². The summed E-state index contributed by atoms with van der Waals surface area (Å²) in [7, 11) is 0. The minimum Gasteiger partial charge on any atom is -0.383 e. The molecular formula is C5H5N3S. The number of nitrogens with two attached hydrogens (primary N) is 1. The second kappa shape index (κ2) is 2.03. The normalized spacial score (nSPS) is 8.89. The van der Waals surface area contributed by atoms with Gasteiger partial charge in [0.2, 0.25) is 0 Å². The van der Waals surface area contributed by atoms with Gasteiger partial charge in [-0.1, -0.05) is 0 Å². The maximum Gasteiger partial charge on any atom is 0.196 e. The minimum absolute atomic E-state index is 0.435. The molecule has 0 aliphatic carbocycles. The molecule has 9 heavy (non-hydrogen) atoms. The molecule has 3 nitrogen and oxygen atoms in total. The van der Waals surface area contributed by atoms with Crippen LogP contribution in [0.5, 0.6) is 0 Å². The van der Waals surface area contributed by atoms with Crippen LogP contribution in [0.1, 0.15) is 9.88 Å². The van der Waals surface area contributed by atoms with Crippen LogP contribution in [0.15, 0.2) is 0 Å². The van der Waals surface area contributed by atoms with E-state index in [1.807, 2.05) is 13.0 Å². The number of hydrogen-bond acceptors (Lipinski definition) is 4. The van der Waals surface area contributed by atoms with Gasteiger partial charge in [0.1, 0.15) is 11.9 Å². The van der Waals surface area contributed by atoms with Crippen molar-refractivity contribution in [1.82, 2.24) is 4.98 Å². The highest BCUT2D eigenvalue weighted by molar-refractivity contribution is 7.12. The first-order valence-electron chi connectivity index (χ1n) is 2.37. The third-order valence-electron chi connectivity index (χ3n) is 0.928. The Bertz CT molecular complexity index is 238. The molecule has 1 rings (SSSR count). The van der Waals surface area contributed by atoms with Crippen molar-refractivity contribution in [2.45, 2.75) is 6.92 Å². The molecule has 0 atom stereocenters. The van der Waals surface area contributed by atoms with E-state index in [0.717, 1.165) is 4.88 Å². The van der Waals surface area contributed by atoms with Crippen LogP contribution >= 0.6 is 11.3 Å². The van der Waals surface area contributed by atoms with E-state index in [1.54, 1.807) is 0 Å². The van der Waals surface area contributed by atoms with Gasteiger partial charge in [0.05, 0.1) is 0 Å². The molecule has 2 N–H and O–H groups in total. The highest BCUT2D eigenvalue weighted by Crippen LogP contribution is 2.17. The third kappa shape index (κ3) is 1.00. The Hall–Kier alpha value is -1.08. The van der Waals surface area contributed by atoms with Crippen molar-refractivity contribution < 1.29 is 0 Å². The number of thiazole rings is 1. The summed E-state index contributed by atoms with van der Waals surface area (Å²) in [6.45, 7) is 1.84. The highest BCUT2D eigenvalue weighted by atomic mass is 32.1. The lowest BCUT2D eigenvalue weighted by Crippen LogP contribution is -1.85. The van der Waals surface area contributed by atoms with Crippen LogP contribution in [-0.4, -0.2) is 4.98 Å². The Labute approximate surface area is 56.8 Å². The van der Waals surface area contributed by atoms with Gasteiger partial charge >= 0.3 is 0 Å². The van der Waals surface area contributed by atoms with Gasteiger partial charge in [-0.2, -0.15) is 5.26 Å². The summed E-state index contributed by atoms with van der Waals surface area (Å²) in [5, 5.41) is 8.75. The number of aryl methyl sites for hydroxylation is 1. The summed E-state index contributed by atoms with van der Waals surface area (Å²) < 4.78 is 0. The zero-order valence-electron chi connectivity index (χ0n) is 4.88. The first kappa shape index (κ1) is 6.05. The van der Waals surface area contributed by atoms with Crippen LogP contribution in [-0.2, 0) is 0 Å². The molecule has 0 spiro atoms. The van der Waals surface area contributed by atoms with Gasteiger partial charge in [-0.25, -0.2) is 4.98 Å². The molecule has 0 saturated carbocycles. The van der Waals surface area contributed by atoms with E-state index in [-0.39, 0.29) is 0 Å². The predicted octanol–water partition coefficient (Wildman–Crippen LogP) is 0.905. The zero-order chi connectivity index (χ0) is 6.85. The molecule has 0 radical (unpaired) electrons. The molecule has 46 valence electrons. The minimum atomic E-state index is 0.435. The van der Waals surface area contributed by atoms with Crippen LogP contribution in [0.25, 0.3) is 0 Å². The van der Waals surface area contributed by atoms with Gasteiger partial charge in [0, 0.05) is 4.88 Å². The van der Waals surface area contributed by atoms with E-state index >= 15 is 0 Å². The molecule has 4 heteroatoms. The highest BCUT2D eigenvalue weighted by Gasteiger charge is 2.00. The van der Waals surface area contributed by atoms with Crippen LogP contribution in [0.3, 0.4) is 0 Å². The van der Waals surface area contributed by atoms with Crippen LogP contribution in [0.2, 0.25) is 0 Å². The fourth-order valence-corrected chi connectivity index (χ4v) is 1.09. The van der Waals surface area contributed by atoms with Gasteiger partial charge < -0.3 is 5.73 Å². The number of hydrogen-bond donors (Lipinski definition) is 1. The van der Waals surface area contributed by atoms with Gasteiger partial charge in [-0.3, -0.25) is 0 Å². The van der Waals surface area contributed by atoms with Gasteiger partial charge in [-0.15, -0.1) is 11.3 Å². The van der Waals surface area contributed by atoms with Crippen molar-refractivity contribution >= 4 is 17.2 Å². The lowest BCUT2D eigenvalue weighted by atomic mass is 10.6. The number of nitrogen functional groups attached to an aromatic ring is 1. The summed E-state index contributed by atoms with van der Waals surface area (Å²) in [4.78, 5) is 4.67. The lowest BCUT2D eigenvalue weighted by molar-refractivity contribution is 1.34. The van der Waals surface area contributed by atoms with E-state index in [9.17, 15) is 0 Å². The van der Waals surface area contributed by atoms with E-state index in [0.29, 0.717) is 10.8 Å². The Morgan fingerprint density at radius 2 is 2.44 bits per heavy atom. The van der Waals surface area contributed by atoms with Crippen LogP contribution in [0, 0.1) is 18.3 Å². The SMILES string of the molecule is Cc1sc(C#N)nc1N. The smallest absolute Gasteiger partial charge is 0.196 e. The lowest BCUT2D eigenvalue weighted by Gasteiger charge is -1.78. The fraction of sp³-hybridized carbons (Fsp3) is 0.200. The number of rotatable bonds is 0. The molecule has 1 aromatic heterocycles. The number of nitriles is 1. The zero-order valence-corrected chi connectivity index (χ0v) is 5.70. The van der Waals surface area contributed by atoms with Crippen molar-refractivity contribution in [2.24, 2.45) is 0 Å². The summed E-state index contributed by atoms with van der Waals surface area (Å²) in [6.07, 6.45) is 0.